The van der Waals surface area contributed by atoms with Gasteiger partial charge in [-0.2, -0.15) is 0 Å². The van der Waals surface area contributed by atoms with E-state index >= 15 is 0 Å². The molecule has 0 amide bonds. The number of unbranched alkanes of at least 4 members (excludes halogenated alkanes) is 17. The molecule has 0 aromatic carbocycles. The Kier molecular flexibility index (Phi) is 24.0. The van der Waals surface area contributed by atoms with Crippen molar-refractivity contribution in [1.82, 2.24) is 0 Å². The first-order chi connectivity index (χ1) is 21.7. The van der Waals surface area contributed by atoms with E-state index in [9.17, 15) is 0 Å². The molecule has 2 nitrogen and oxygen atoms in total. The summed E-state index contributed by atoms with van der Waals surface area (Å²) in [5.41, 5.74) is 0. The van der Waals surface area contributed by atoms with E-state index in [-0.39, 0.29) is 5.79 Å². The SMILES string of the molecule is CCCCC/C=C\C/C=C\CCCCCCCCC1(CCCCCCC/C=C\C/C=C\CCCCC)O[C@H]2C[C@H](C)C[C@H]2O1. The minimum atomic E-state index is -0.280. The Morgan fingerprint density at radius 2 is 0.795 bits per heavy atom. The average Bonchev–Trinajstić information content (AvgIpc) is 3.52. The summed E-state index contributed by atoms with van der Waals surface area (Å²) in [6, 6.07) is 0. The van der Waals surface area contributed by atoms with Crippen LogP contribution in [0, 0.1) is 5.92 Å². The molecule has 1 aliphatic heterocycles. The van der Waals surface area contributed by atoms with Crippen molar-refractivity contribution in [3.05, 3.63) is 48.6 Å². The standard InChI is InChI=1S/C42H74O2/c1-4-6-8-10-12-14-16-18-20-22-24-26-28-30-32-34-36-42(43-40-37-39(3)38-41(40)44-42)35-33-31-29-27-25-23-21-19-17-15-13-11-9-7-5-2/h12-15,18-21,39-41H,4-11,16-17,22-38H2,1-3H3/b14-12-,15-13-,20-18-,21-19-/t39-,40-,41+,42?. The van der Waals surface area contributed by atoms with Gasteiger partial charge in [-0.15, -0.1) is 0 Å². The average molecular weight is 611 g/mol. The second-order valence-electron chi connectivity index (χ2n) is 14.1. The van der Waals surface area contributed by atoms with Crippen molar-refractivity contribution in [3.8, 4) is 0 Å². The molecule has 0 bridgehead atoms. The highest BCUT2D eigenvalue weighted by Crippen LogP contribution is 2.45. The van der Waals surface area contributed by atoms with Gasteiger partial charge >= 0.3 is 0 Å². The highest BCUT2D eigenvalue weighted by Gasteiger charge is 2.50. The third-order valence-corrected chi connectivity index (χ3v) is 9.68. The highest BCUT2D eigenvalue weighted by atomic mass is 16.8. The Bertz CT molecular complexity index is 748. The zero-order chi connectivity index (χ0) is 31.4. The summed E-state index contributed by atoms with van der Waals surface area (Å²) in [7, 11) is 0. The smallest absolute Gasteiger partial charge is 0.169 e. The fourth-order valence-electron chi connectivity index (χ4n) is 6.97. The minimum Gasteiger partial charge on any atom is -0.344 e. The lowest BCUT2D eigenvalue weighted by atomic mass is 9.98. The number of hydrogen-bond acceptors (Lipinski definition) is 2. The van der Waals surface area contributed by atoms with Gasteiger partial charge < -0.3 is 9.47 Å². The topological polar surface area (TPSA) is 18.5 Å². The lowest BCUT2D eigenvalue weighted by Crippen LogP contribution is -2.32. The maximum absolute atomic E-state index is 6.74. The number of allylic oxidation sites excluding steroid dienone is 8. The third kappa shape index (κ3) is 19.4. The largest absolute Gasteiger partial charge is 0.344 e. The van der Waals surface area contributed by atoms with Gasteiger partial charge in [0.15, 0.2) is 5.79 Å². The van der Waals surface area contributed by atoms with E-state index in [2.05, 4.69) is 69.4 Å². The van der Waals surface area contributed by atoms with E-state index in [0.29, 0.717) is 12.2 Å². The molecule has 2 rings (SSSR count). The Morgan fingerprint density at radius 1 is 0.455 bits per heavy atom. The normalized spacial score (nSPS) is 23.8. The van der Waals surface area contributed by atoms with E-state index in [1.54, 1.807) is 0 Å². The van der Waals surface area contributed by atoms with Crippen molar-refractivity contribution in [2.75, 3.05) is 0 Å². The summed E-state index contributed by atoms with van der Waals surface area (Å²) in [6.07, 6.45) is 53.9. The van der Waals surface area contributed by atoms with Crippen LogP contribution < -0.4 is 0 Å². The van der Waals surface area contributed by atoms with E-state index in [4.69, 9.17) is 9.47 Å². The molecular formula is C42H74O2. The van der Waals surface area contributed by atoms with Gasteiger partial charge in [0.2, 0.25) is 0 Å². The van der Waals surface area contributed by atoms with E-state index in [1.807, 2.05) is 0 Å². The van der Waals surface area contributed by atoms with Crippen molar-refractivity contribution in [2.45, 2.75) is 212 Å². The second kappa shape index (κ2) is 27.0. The van der Waals surface area contributed by atoms with E-state index in [0.717, 1.165) is 31.6 Å². The van der Waals surface area contributed by atoms with Crippen LogP contribution in [0.25, 0.3) is 0 Å². The third-order valence-electron chi connectivity index (χ3n) is 9.68. The van der Waals surface area contributed by atoms with Gasteiger partial charge in [0.05, 0.1) is 12.2 Å². The molecule has 0 N–H and O–H groups in total. The first kappa shape index (κ1) is 39.1. The van der Waals surface area contributed by atoms with Gasteiger partial charge in [0, 0.05) is 12.8 Å². The molecule has 2 aliphatic rings. The van der Waals surface area contributed by atoms with Crippen LogP contribution in [0.4, 0.5) is 0 Å². The predicted octanol–water partition coefficient (Wildman–Crippen LogP) is 13.9. The molecule has 2 fully saturated rings. The lowest BCUT2D eigenvalue weighted by Gasteiger charge is -2.30. The summed E-state index contributed by atoms with van der Waals surface area (Å²) in [4.78, 5) is 0. The molecule has 44 heavy (non-hydrogen) atoms. The van der Waals surface area contributed by atoms with E-state index in [1.165, 1.54) is 148 Å². The van der Waals surface area contributed by atoms with Crippen LogP contribution in [-0.2, 0) is 9.47 Å². The number of ether oxygens (including phenoxy) is 2. The Morgan fingerprint density at radius 3 is 1.18 bits per heavy atom. The van der Waals surface area contributed by atoms with Crippen LogP contribution in [0.1, 0.15) is 194 Å². The maximum atomic E-state index is 6.74. The summed E-state index contributed by atoms with van der Waals surface area (Å²) < 4.78 is 13.5. The molecule has 0 aromatic heterocycles. The van der Waals surface area contributed by atoms with Crippen molar-refractivity contribution >= 4 is 0 Å². The molecule has 1 saturated heterocycles. The van der Waals surface area contributed by atoms with Gasteiger partial charge in [-0.25, -0.2) is 0 Å². The predicted molar refractivity (Wildman–Crippen MR) is 194 cm³/mol. The lowest BCUT2D eigenvalue weighted by molar-refractivity contribution is -0.192. The monoisotopic (exact) mass is 611 g/mol. The van der Waals surface area contributed by atoms with Crippen LogP contribution in [0.5, 0.6) is 0 Å². The van der Waals surface area contributed by atoms with Crippen LogP contribution in [0.15, 0.2) is 48.6 Å². The zero-order valence-corrected chi connectivity index (χ0v) is 29.8. The maximum Gasteiger partial charge on any atom is 0.169 e. The van der Waals surface area contributed by atoms with Gasteiger partial charge in [-0.1, -0.05) is 140 Å². The van der Waals surface area contributed by atoms with Gasteiger partial charge in [-0.3, -0.25) is 0 Å². The first-order valence-electron chi connectivity index (χ1n) is 19.6. The summed E-state index contributed by atoms with van der Waals surface area (Å²) in [5, 5.41) is 0. The molecule has 2 heteroatoms. The van der Waals surface area contributed by atoms with Crippen LogP contribution >= 0.6 is 0 Å². The van der Waals surface area contributed by atoms with Crippen molar-refractivity contribution in [2.24, 2.45) is 5.92 Å². The van der Waals surface area contributed by atoms with E-state index < -0.39 is 0 Å². The molecule has 254 valence electrons. The zero-order valence-electron chi connectivity index (χ0n) is 29.8. The molecule has 4 atom stereocenters. The fourth-order valence-corrected chi connectivity index (χ4v) is 6.97. The summed E-state index contributed by atoms with van der Waals surface area (Å²) >= 11 is 0. The van der Waals surface area contributed by atoms with Crippen molar-refractivity contribution in [3.63, 3.8) is 0 Å². The minimum absolute atomic E-state index is 0.280. The fraction of sp³-hybridized carbons (Fsp3) is 0.810. The van der Waals surface area contributed by atoms with Gasteiger partial charge in [-0.05, 0) is 95.8 Å². The van der Waals surface area contributed by atoms with Gasteiger partial charge in [0.25, 0.3) is 0 Å². The van der Waals surface area contributed by atoms with Gasteiger partial charge in [0.1, 0.15) is 0 Å². The summed E-state index contributed by atoms with van der Waals surface area (Å²) in [6.45, 7) is 6.90. The Hall–Kier alpha value is -1.12. The molecule has 1 unspecified atom stereocenters. The molecular weight excluding hydrogens is 536 g/mol. The first-order valence-corrected chi connectivity index (χ1v) is 19.6. The number of fused-ring (bicyclic) bond motifs is 1. The van der Waals surface area contributed by atoms with Crippen LogP contribution in [-0.4, -0.2) is 18.0 Å². The molecule has 0 spiro atoms. The second-order valence-corrected chi connectivity index (χ2v) is 14.1. The molecule has 1 saturated carbocycles. The molecule has 0 aromatic rings. The summed E-state index contributed by atoms with van der Waals surface area (Å²) in [5.74, 6) is 0.470. The molecule has 1 aliphatic carbocycles. The number of rotatable bonds is 29. The van der Waals surface area contributed by atoms with Crippen LogP contribution in [0.2, 0.25) is 0 Å². The molecule has 0 radical (unpaired) electrons. The molecule has 1 heterocycles. The highest BCUT2D eigenvalue weighted by molar-refractivity contribution is 4.94. The Balaban J connectivity index is 1.51. The van der Waals surface area contributed by atoms with Crippen LogP contribution in [0.3, 0.4) is 0 Å². The van der Waals surface area contributed by atoms with Crippen molar-refractivity contribution < 1.29 is 9.47 Å². The number of hydrogen-bond donors (Lipinski definition) is 0. The quantitative estimate of drug-likeness (QED) is 0.0619. The van der Waals surface area contributed by atoms with Crippen molar-refractivity contribution in [1.29, 1.82) is 0 Å². The Labute approximate surface area is 275 Å².